The van der Waals surface area contributed by atoms with Gasteiger partial charge in [0.05, 0.1) is 12.2 Å². The number of rotatable bonds is 3. The topological polar surface area (TPSA) is 92.0 Å². The number of hydrogen-bond acceptors (Lipinski definition) is 5. The van der Waals surface area contributed by atoms with Crippen molar-refractivity contribution in [2.24, 2.45) is 0 Å². The van der Waals surface area contributed by atoms with Crippen molar-refractivity contribution in [2.45, 2.75) is 25.8 Å². The van der Waals surface area contributed by atoms with Crippen LogP contribution in [0.25, 0.3) is 22.3 Å². The zero-order valence-electron chi connectivity index (χ0n) is 14.9. The third-order valence-corrected chi connectivity index (χ3v) is 4.96. The molecule has 0 spiro atoms. The number of aryl methyl sites for hydroxylation is 1. The molecule has 0 radical (unpaired) electrons. The maximum absolute atomic E-state index is 6.15. The van der Waals surface area contributed by atoms with Crippen molar-refractivity contribution in [1.29, 1.82) is 0 Å². The van der Waals surface area contributed by atoms with Crippen molar-refractivity contribution >= 4 is 11.5 Å². The zero-order valence-corrected chi connectivity index (χ0v) is 14.9. The van der Waals surface area contributed by atoms with Gasteiger partial charge in [0.2, 0.25) is 0 Å². The number of benzene rings is 1. The Kier molecular flexibility index (Phi) is 4.34. The maximum Gasteiger partial charge on any atom is 0.131 e. The second kappa shape index (κ2) is 6.80. The van der Waals surface area contributed by atoms with Gasteiger partial charge in [-0.3, -0.25) is 4.68 Å². The average molecular weight is 349 g/mol. The van der Waals surface area contributed by atoms with Crippen molar-refractivity contribution in [1.82, 2.24) is 14.8 Å². The van der Waals surface area contributed by atoms with E-state index in [1.54, 1.807) is 6.20 Å². The van der Waals surface area contributed by atoms with Crippen LogP contribution in [0.15, 0.2) is 42.9 Å². The summed E-state index contributed by atoms with van der Waals surface area (Å²) in [6, 6.07) is 8.31. The highest BCUT2D eigenvalue weighted by Gasteiger charge is 2.17. The van der Waals surface area contributed by atoms with Crippen LogP contribution in [-0.4, -0.2) is 28.0 Å². The van der Waals surface area contributed by atoms with Crippen LogP contribution in [-0.2, 0) is 4.74 Å². The summed E-state index contributed by atoms with van der Waals surface area (Å²) < 4.78 is 7.48. The van der Waals surface area contributed by atoms with E-state index in [0.29, 0.717) is 11.9 Å². The summed E-state index contributed by atoms with van der Waals surface area (Å²) >= 11 is 0. The first-order valence-corrected chi connectivity index (χ1v) is 8.86. The Hall–Kier alpha value is -2.86. The summed E-state index contributed by atoms with van der Waals surface area (Å²) in [5, 5.41) is 4.56. The third kappa shape index (κ3) is 3.15. The van der Waals surface area contributed by atoms with E-state index in [1.165, 1.54) is 0 Å². The number of nitrogens with two attached hydrogens (primary N) is 2. The number of pyridine rings is 1. The lowest BCUT2D eigenvalue weighted by Crippen LogP contribution is -2.19. The molecule has 1 saturated heterocycles. The van der Waals surface area contributed by atoms with Gasteiger partial charge >= 0.3 is 0 Å². The number of nitrogen functional groups attached to an aromatic ring is 2. The lowest BCUT2D eigenvalue weighted by atomic mass is 9.98. The van der Waals surface area contributed by atoms with Crippen LogP contribution >= 0.6 is 0 Å². The van der Waals surface area contributed by atoms with Crippen LogP contribution < -0.4 is 11.5 Å². The number of hydrogen-bond donors (Lipinski definition) is 2. The normalized spacial score (nSPS) is 15.3. The number of nitrogens with zero attached hydrogens (tertiary/aromatic N) is 3. The van der Waals surface area contributed by atoms with Gasteiger partial charge in [-0.2, -0.15) is 5.10 Å². The second-order valence-corrected chi connectivity index (χ2v) is 6.78. The van der Waals surface area contributed by atoms with Crippen molar-refractivity contribution < 1.29 is 4.74 Å². The second-order valence-electron chi connectivity index (χ2n) is 6.78. The molecule has 1 aliphatic rings. The Balaban J connectivity index is 1.69. The SMILES string of the molecule is Cc1cc(N)ccc1-c1cc(-c2cnn(C3CCOCC3)c2)cnc1N. The molecule has 1 fully saturated rings. The quantitative estimate of drug-likeness (QED) is 0.707. The predicted molar refractivity (Wildman–Crippen MR) is 104 cm³/mol. The Labute approximate surface area is 152 Å². The largest absolute Gasteiger partial charge is 0.399 e. The molecule has 3 aromatic rings. The summed E-state index contributed by atoms with van der Waals surface area (Å²) in [5.41, 5.74) is 17.8. The van der Waals surface area contributed by atoms with Crippen molar-refractivity contribution in [2.75, 3.05) is 24.7 Å². The third-order valence-electron chi connectivity index (χ3n) is 4.96. The summed E-state index contributed by atoms with van der Waals surface area (Å²) in [5.74, 6) is 0.512. The fourth-order valence-corrected chi connectivity index (χ4v) is 3.47. The Bertz CT molecular complexity index is 928. The van der Waals surface area contributed by atoms with E-state index in [-0.39, 0.29) is 0 Å². The van der Waals surface area contributed by atoms with Crippen molar-refractivity contribution in [3.8, 4) is 22.3 Å². The molecule has 1 aliphatic heterocycles. The monoisotopic (exact) mass is 349 g/mol. The summed E-state index contributed by atoms with van der Waals surface area (Å²) in [7, 11) is 0. The fourth-order valence-electron chi connectivity index (χ4n) is 3.47. The Morgan fingerprint density at radius 3 is 2.62 bits per heavy atom. The number of anilines is 2. The Morgan fingerprint density at radius 2 is 1.85 bits per heavy atom. The standard InChI is InChI=1S/C20H23N5O/c1-13-8-16(21)2-3-18(13)19-9-14(10-23-20(19)22)15-11-24-25(12-15)17-4-6-26-7-5-17/h2-3,8-12,17H,4-7,21H2,1H3,(H2,22,23). The van der Waals surface area contributed by atoms with E-state index in [2.05, 4.69) is 22.3 Å². The molecule has 26 heavy (non-hydrogen) atoms. The van der Waals surface area contributed by atoms with Crippen LogP contribution in [0.2, 0.25) is 0 Å². The van der Waals surface area contributed by atoms with Crippen LogP contribution in [0.3, 0.4) is 0 Å². The molecule has 3 heterocycles. The van der Waals surface area contributed by atoms with Gasteiger partial charge in [0.15, 0.2) is 0 Å². The van der Waals surface area contributed by atoms with Crippen molar-refractivity contribution in [3.05, 3.63) is 48.4 Å². The number of ether oxygens (including phenoxy) is 1. The molecule has 4 rings (SSSR count). The van der Waals surface area contributed by atoms with E-state index in [1.807, 2.05) is 36.0 Å². The maximum atomic E-state index is 6.15. The Morgan fingerprint density at radius 1 is 1.04 bits per heavy atom. The lowest BCUT2D eigenvalue weighted by molar-refractivity contribution is 0.0662. The first-order chi connectivity index (χ1) is 12.6. The molecule has 0 bridgehead atoms. The highest BCUT2D eigenvalue weighted by molar-refractivity contribution is 5.81. The highest BCUT2D eigenvalue weighted by Crippen LogP contribution is 2.33. The molecule has 2 aromatic heterocycles. The molecule has 134 valence electrons. The zero-order chi connectivity index (χ0) is 18.1. The highest BCUT2D eigenvalue weighted by atomic mass is 16.5. The summed E-state index contributed by atoms with van der Waals surface area (Å²) in [6.45, 7) is 3.62. The van der Waals surface area contributed by atoms with E-state index in [0.717, 1.165) is 59.6 Å². The van der Waals surface area contributed by atoms with Crippen LogP contribution in [0.1, 0.15) is 24.4 Å². The van der Waals surface area contributed by atoms with Gasteiger partial charge in [0.1, 0.15) is 5.82 Å². The van der Waals surface area contributed by atoms with Crippen LogP contribution in [0.4, 0.5) is 11.5 Å². The van der Waals surface area contributed by atoms with Crippen LogP contribution in [0.5, 0.6) is 0 Å². The first kappa shape index (κ1) is 16.6. The molecule has 6 heteroatoms. The van der Waals surface area contributed by atoms with Gasteiger partial charge < -0.3 is 16.2 Å². The summed E-state index contributed by atoms with van der Waals surface area (Å²) in [4.78, 5) is 4.41. The predicted octanol–water partition coefficient (Wildman–Crippen LogP) is 3.44. The van der Waals surface area contributed by atoms with E-state index >= 15 is 0 Å². The van der Waals surface area contributed by atoms with Gasteiger partial charge in [-0.25, -0.2) is 4.98 Å². The molecule has 0 atom stereocenters. The first-order valence-electron chi connectivity index (χ1n) is 8.86. The molecule has 4 N–H and O–H groups in total. The fraction of sp³-hybridized carbons (Fsp3) is 0.300. The van der Waals surface area contributed by atoms with Gasteiger partial charge in [-0.05, 0) is 49.1 Å². The van der Waals surface area contributed by atoms with Crippen LogP contribution in [0, 0.1) is 6.92 Å². The molecule has 0 saturated carbocycles. The molecular formula is C20H23N5O. The number of aromatic nitrogens is 3. The molecule has 0 unspecified atom stereocenters. The minimum atomic E-state index is 0.401. The molecular weight excluding hydrogens is 326 g/mol. The van der Waals surface area contributed by atoms with Gasteiger partial charge in [-0.15, -0.1) is 0 Å². The van der Waals surface area contributed by atoms with Gasteiger partial charge in [0, 0.05) is 48.0 Å². The lowest BCUT2D eigenvalue weighted by Gasteiger charge is -2.22. The van der Waals surface area contributed by atoms with Crippen molar-refractivity contribution in [3.63, 3.8) is 0 Å². The molecule has 0 aliphatic carbocycles. The molecule has 6 nitrogen and oxygen atoms in total. The molecule has 1 aromatic carbocycles. The average Bonchev–Trinajstić information content (AvgIpc) is 3.14. The smallest absolute Gasteiger partial charge is 0.131 e. The van der Waals surface area contributed by atoms with E-state index in [9.17, 15) is 0 Å². The minimum absolute atomic E-state index is 0.401. The minimum Gasteiger partial charge on any atom is -0.399 e. The van der Waals surface area contributed by atoms with Gasteiger partial charge in [0.25, 0.3) is 0 Å². The summed E-state index contributed by atoms with van der Waals surface area (Å²) in [6.07, 6.45) is 7.77. The van der Waals surface area contributed by atoms with E-state index in [4.69, 9.17) is 16.2 Å². The van der Waals surface area contributed by atoms with Gasteiger partial charge in [-0.1, -0.05) is 6.07 Å². The molecule has 0 amide bonds. The van der Waals surface area contributed by atoms with E-state index < -0.39 is 0 Å².